The van der Waals surface area contributed by atoms with Crippen molar-refractivity contribution in [2.45, 2.75) is 39.3 Å². The number of Topliss-reactive ketones (excluding diaryl/α,β-unsaturated/α-hetero) is 1. The molecule has 0 saturated carbocycles. The van der Waals surface area contributed by atoms with Crippen LogP contribution in [-0.2, 0) is 0 Å². The van der Waals surface area contributed by atoms with Crippen LogP contribution in [0, 0.1) is 0 Å². The highest BCUT2D eigenvalue weighted by Gasteiger charge is 2.24. The van der Waals surface area contributed by atoms with E-state index in [9.17, 15) is 4.79 Å². The Morgan fingerprint density at radius 1 is 0.581 bits per heavy atom. The first-order valence-corrected chi connectivity index (χ1v) is 16.6. The molecule has 0 bridgehead atoms. The lowest BCUT2D eigenvalue weighted by Crippen LogP contribution is -2.25. The van der Waals surface area contributed by atoms with Crippen molar-refractivity contribution in [3.8, 4) is 0 Å². The van der Waals surface area contributed by atoms with E-state index in [0.29, 0.717) is 0 Å². The first-order valence-electron chi connectivity index (χ1n) is 14.9. The van der Waals surface area contributed by atoms with Crippen LogP contribution in [0.1, 0.15) is 30.1 Å². The lowest BCUT2D eigenvalue weighted by atomic mass is 10.1. The Balaban J connectivity index is 0.000000173. The molecule has 2 heterocycles. The molecule has 224 valence electrons. The van der Waals surface area contributed by atoms with Gasteiger partial charge in [-0.1, -0.05) is 66.0 Å². The maximum Gasteiger partial charge on any atom is 0.159 e. The van der Waals surface area contributed by atoms with Crippen molar-refractivity contribution in [1.82, 2.24) is 9.80 Å². The Labute approximate surface area is 265 Å². The van der Waals surface area contributed by atoms with Crippen molar-refractivity contribution in [3.05, 3.63) is 96.6 Å². The van der Waals surface area contributed by atoms with Crippen molar-refractivity contribution in [3.63, 3.8) is 0 Å². The SMILES string of the molecule is CC(=O)c1ccc2c(c1)N(CCCN(C)C)c1ccccc1S2.CN(C)CCCN1c2ccccc2Sc2ccccc21. The highest BCUT2D eigenvalue weighted by atomic mass is 32.2. The van der Waals surface area contributed by atoms with E-state index < -0.39 is 0 Å². The highest BCUT2D eigenvalue weighted by molar-refractivity contribution is 8.00. The van der Waals surface area contributed by atoms with Crippen LogP contribution in [0.15, 0.2) is 111 Å². The Hall–Kier alpha value is -3.23. The standard InChI is InChI=1S/C19H22N2OS.C17H20N2S/c1-14(22)15-9-10-19-17(13-15)21(12-6-11-20(2)3)16-7-4-5-8-18(16)23-19;1-18(2)12-7-13-19-14-8-3-5-10-16(14)20-17-11-6-4-9-15(17)19/h4-5,7-10,13H,6,11-12H2,1-3H3;3-6,8-11H,7,12-13H2,1-2H3. The zero-order valence-corrected chi connectivity index (χ0v) is 27.5. The molecular weight excluding hydrogens is 569 g/mol. The van der Waals surface area contributed by atoms with Crippen LogP contribution in [0.2, 0.25) is 0 Å². The number of nitrogens with zero attached hydrogens (tertiary/aromatic N) is 4. The van der Waals surface area contributed by atoms with E-state index in [0.717, 1.165) is 43.9 Å². The molecule has 4 aromatic carbocycles. The van der Waals surface area contributed by atoms with Gasteiger partial charge in [-0.15, -0.1) is 0 Å². The Morgan fingerprint density at radius 2 is 0.977 bits per heavy atom. The lowest BCUT2D eigenvalue weighted by molar-refractivity contribution is 0.101. The molecule has 2 aliphatic heterocycles. The molecule has 0 N–H and O–H groups in total. The van der Waals surface area contributed by atoms with E-state index >= 15 is 0 Å². The number of para-hydroxylation sites is 3. The summed E-state index contributed by atoms with van der Waals surface area (Å²) in [6.45, 7) is 5.81. The van der Waals surface area contributed by atoms with Gasteiger partial charge in [-0.3, -0.25) is 4.79 Å². The normalized spacial score (nSPS) is 13.1. The molecule has 0 radical (unpaired) electrons. The third-order valence-electron chi connectivity index (χ3n) is 7.54. The minimum absolute atomic E-state index is 0.116. The first-order chi connectivity index (χ1) is 20.8. The summed E-state index contributed by atoms with van der Waals surface area (Å²) in [5.41, 5.74) is 5.86. The number of carbonyl (C=O) groups is 1. The van der Waals surface area contributed by atoms with Gasteiger partial charge in [-0.05, 0) is 110 Å². The Bertz CT molecular complexity index is 1510. The summed E-state index contributed by atoms with van der Waals surface area (Å²) < 4.78 is 0. The van der Waals surface area contributed by atoms with Gasteiger partial charge < -0.3 is 19.6 Å². The molecule has 2 aliphatic rings. The molecule has 43 heavy (non-hydrogen) atoms. The Morgan fingerprint density at radius 3 is 1.40 bits per heavy atom. The zero-order valence-electron chi connectivity index (χ0n) is 25.9. The van der Waals surface area contributed by atoms with Crippen LogP contribution in [0.4, 0.5) is 22.7 Å². The highest BCUT2D eigenvalue weighted by Crippen LogP contribution is 2.49. The molecule has 7 heteroatoms. The second-order valence-corrected chi connectivity index (χ2v) is 13.6. The fourth-order valence-electron chi connectivity index (χ4n) is 5.40. The van der Waals surface area contributed by atoms with Crippen molar-refractivity contribution in [1.29, 1.82) is 0 Å². The monoisotopic (exact) mass is 610 g/mol. The summed E-state index contributed by atoms with van der Waals surface area (Å²) in [7, 11) is 8.46. The average molecular weight is 611 g/mol. The molecule has 0 aliphatic carbocycles. The average Bonchev–Trinajstić information content (AvgIpc) is 3.00. The second-order valence-electron chi connectivity index (χ2n) is 11.5. The smallest absolute Gasteiger partial charge is 0.159 e. The van der Waals surface area contributed by atoms with Crippen LogP contribution in [0.5, 0.6) is 0 Å². The van der Waals surface area contributed by atoms with E-state index in [4.69, 9.17) is 0 Å². The summed E-state index contributed by atoms with van der Waals surface area (Å²) in [5.74, 6) is 0.116. The predicted molar refractivity (Wildman–Crippen MR) is 184 cm³/mol. The third-order valence-corrected chi connectivity index (χ3v) is 9.80. The van der Waals surface area contributed by atoms with Crippen molar-refractivity contribution in [2.24, 2.45) is 0 Å². The molecule has 0 unspecified atom stereocenters. The summed E-state index contributed by atoms with van der Waals surface area (Å²) >= 11 is 3.66. The third kappa shape index (κ3) is 7.65. The number of hydrogen-bond donors (Lipinski definition) is 0. The zero-order chi connectivity index (χ0) is 30.3. The number of ketones is 1. The Kier molecular flexibility index (Phi) is 10.5. The van der Waals surface area contributed by atoms with Gasteiger partial charge in [0, 0.05) is 38.2 Å². The maximum atomic E-state index is 11.8. The van der Waals surface area contributed by atoms with Gasteiger partial charge in [-0.2, -0.15) is 0 Å². The van der Waals surface area contributed by atoms with E-state index in [1.54, 1.807) is 18.7 Å². The maximum absolute atomic E-state index is 11.8. The molecule has 0 amide bonds. The molecule has 0 fully saturated rings. The molecule has 0 saturated heterocycles. The van der Waals surface area contributed by atoms with Crippen molar-refractivity contribution >= 4 is 52.1 Å². The molecular formula is C36H42N4OS2. The summed E-state index contributed by atoms with van der Waals surface area (Å²) in [6, 6.07) is 31.9. The number of fused-ring (bicyclic) bond motifs is 4. The van der Waals surface area contributed by atoms with Gasteiger partial charge in [0.2, 0.25) is 0 Å². The van der Waals surface area contributed by atoms with Crippen molar-refractivity contribution < 1.29 is 4.79 Å². The molecule has 0 spiro atoms. The first kappa shape index (κ1) is 31.2. The van der Waals surface area contributed by atoms with Gasteiger partial charge in [0.1, 0.15) is 0 Å². The van der Waals surface area contributed by atoms with Crippen LogP contribution < -0.4 is 9.80 Å². The fraction of sp³-hybridized carbons (Fsp3) is 0.306. The molecule has 6 rings (SSSR count). The van der Waals surface area contributed by atoms with E-state index in [1.807, 2.05) is 23.9 Å². The molecule has 5 nitrogen and oxygen atoms in total. The van der Waals surface area contributed by atoms with Gasteiger partial charge in [0.05, 0.1) is 22.7 Å². The van der Waals surface area contributed by atoms with Gasteiger partial charge >= 0.3 is 0 Å². The van der Waals surface area contributed by atoms with Gasteiger partial charge in [-0.25, -0.2) is 0 Å². The largest absolute Gasteiger partial charge is 0.340 e. The molecule has 4 aromatic rings. The quantitative estimate of drug-likeness (QED) is 0.175. The van der Waals surface area contributed by atoms with Crippen LogP contribution in [0.3, 0.4) is 0 Å². The minimum Gasteiger partial charge on any atom is -0.340 e. The lowest BCUT2D eigenvalue weighted by Gasteiger charge is -2.33. The number of anilines is 4. The minimum atomic E-state index is 0.116. The summed E-state index contributed by atoms with van der Waals surface area (Å²) in [5, 5.41) is 0. The van der Waals surface area contributed by atoms with Crippen molar-refractivity contribution in [2.75, 3.05) is 64.2 Å². The van der Waals surface area contributed by atoms with Crippen LogP contribution >= 0.6 is 23.5 Å². The number of hydrogen-bond acceptors (Lipinski definition) is 7. The predicted octanol–water partition coefficient (Wildman–Crippen LogP) is 8.68. The van der Waals surface area contributed by atoms with Crippen LogP contribution in [0.25, 0.3) is 0 Å². The summed E-state index contributed by atoms with van der Waals surface area (Å²) in [6.07, 6.45) is 2.25. The fourth-order valence-corrected chi connectivity index (χ4v) is 7.57. The van der Waals surface area contributed by atoms with E-state index in [-0.39, 0.29) is 5.78 Å². The van der Waals surface area contributed by atoms with Gasteiger partial charge in [0.15, 0.2) is 5.78 Å². The van der Waals surface area contributed by atoms with E-state index in [2.05, 4.69) is 127 Å². The molecule has 0 aromatic heterocycles. The number of rotatable bonds is 9. The molecule has 0 atom stereocenters. The number of carbonyl (C=O) groups excluding carboxylic acids is 1. The summed E-state index contributed by atoms with van der Waals surface area (Å²) in [4.78, 5) is 26.2. The number of benzene rings is 4. The second kappa shape index (κ2) is 14.5. The van der Waals surface area contributed by atoms with Crippen LogP contribution in [-0.4, -0.2) is 70.0 Å². The van der Waals surface area contributed by atoms with E-state index in [1.165, 1.54) is 43.1 Å². The topological polar surface area (TPSA) is 30.0 Å². The van der Waals surface area contributed by atoms with Gasteiger partial charge in [0.25, 0.3) is 0 Å².